The molecular weight excluding hydrogens is 457 g/mol. The van der Waals surface area contributed by atoms with Crippen molar-refractivity contribution in [1.29, 1.82) is 0 Å². The van der Waals surface area contributed by atoms with E-state index in [-0.39, 0.29) is 12.2 Å². The van der Waals surface area contributed by atoms with E-state index in [1.54, 1.807) is 25.1 Å². The number of para-hydroxylation sites is 1. The Hall–Kier alpha value is -3.78. The van der Waals surface area contributed by atoms with Gasteiger partial charge in [-0.3, -0.25) is 4.79 Å². The number of benzene rings is 3. The highest BCUT2D eigenvalue weighted by atomic mass is 19.4. The lowest BCUT2D eigenvalue weighted by molar-refractivity contribution is -0.137. The molecule has 1 amide bonds. The predicted molar refractivity (Wildman–Crippen MR) is 128 cm³/mol. The van der Waals surface area contributed by atoms with E-state index in [0.717, 1.165) is 28.6 Å². The smallest absolute Gasteiger partial charge is 0.416 e. The molecule has 3 aromatic carbocycles. The number of nitrogens with one attached hydrogen (secondary N) is 2. The largest absolute Gasteiger partial charge is 0.493 e. The van der Waals surface area contributed by atoms with Gasteiger partial charge in [0.15, 0.2) is 0 Å². The van der Waals surface area contributed by atoms with Gasteiger partial charge in [-0.25, -0.2) is 0 Å². The van der Waals surface area contributed by atoms with Gasteiger partial charge in [-0.1, -0.05) is 36.4 Å². The van der Waals surface area contributed by atoms with Gasteiger partial charge in [0.05, 0.1) is 30.4 Å². The Morgan fingerprint density at radius 2 is 1.83 bits per heavy atom. The van der Waals surface area contributed by atoms with Crippen molar-refractivity contribution >= 4 is 16.8 Å². The van der Waals surface area contributed by atoms with Crippen molar-refractivity contribution in [3.05, 3.63) is 89.6 Å². The summed E-state index contributed by atoms with van der Waals surface area (Å²) in [4.78, 5) is 16.4. The first-order valence-corrected chi connectivity index (χ1v) is 11.2. The zero-order valence-corrected chi connectivity index (χ0v) is 19.0. The molecular formula is C27H25F3N2O3. The summed E-state index contributed by atoms with van der Waals surface area (Å²) in [5.74, 6) is -0.175. The number of H-pyrrole nitrogens is 1. The number of hydrogen-bond donors (Lipinski definition) is 3. The lowest BCUT2D eigenvalue weighted by atomic mass is 9.99. The number of aliphatic hydroxyl groups excluding tert-OH is 1. The molecule has 0 aliphatic carbocycles. The molecule has 35 heavy (non-hydrogen) atoms. The van der Waals surface area contributed by atoms with Crippen molar-refractivity contribution in [1.82, 2.24) is 10.3 Å². The molecule has 4 rings (SSSR count). The summed E-state index contributed by atoms with van der Waals surface area (Å²) in [5.41, 5.74) is 2.09. The fourth-order valence-electron chi connectivity index (χ4n) is 4.03. The molecule has 0 saturated carbocycles. The summed E-state index contributed by atoms with van der Waals surface area (Å²) in [7, 11) is 0. The number of rotatable bonds is 8. The number of hydrogen-bond acceptors (Lipinski definition) is 3. The van der Waals surface area contributed by atoms with E-state index < -0.39 is 23.7 Å². The number of carbonyl (C=O) groups is 1. The van der Waals surface area contributed by atoms with E-state index in [9.17, 15) is 23.1 Å². The van der Waals surface area contributed by atoms with Crippen molar-refractivity contribution in [3.63, 3.8) is 0 Å². The number of ether oxygens (including phenoxy) is 1. The third kappa shape index (κ3) is 5.49. The molecule has 0 aliphatic heterocycles. The quantitative estimate of drug-likeness (QED) is 0.307. The van der Waals surface area contributed by atoms with Crippen LogP contribution in [0.4, 0.5) is 13.2 Å². The monoisotopic (exact) mass is 482 g/mol. The number of carbonyl (C=O) groups excluding carboxylic acids is 1. The van der Waals surface area contributed by atoms with Crippen LogP contribution in [0.15, 0.2) is 72.9 Å². The molecule has 1 heterocycles. The van der Waals surface area contributed by atoms with Gasteiger partial charge in [0.25, 0.3) is 5.91 Å². The van der Waals surface area contributed by atoms with E-state index in [1.807, 2.05) is 30.5 Å². The molecule has 182 valence electrons. The van der Waals surface area contributed by atoms with Gasteiger partial charge in [-0.05, 0) is 60.4 Å². The van der Waals surface area contributed by atoms with Crippen LogP contribution in [0.25, 0.3) is 22.0 Å². The second-order valence-corrected chi connectivity index (χ2v) is 8.14. The van der Waals surface area contributed by atoms with Crippen LogP contribution in [0.2, 0.25) is 0 Å². The first kappa shape index (κ1) is 24.3. The molecule has 0 fully saturated rings. The Balaban J connectivity index is 1.61. The zero-order valence-electron chi connectivity index (χ0n) is 19.0. The summed E-state index contributed by atoms with van der Waals surface area (Å²) < 4.78 is 45.1. The molecule has 0 radical (unpaired) electrons. The topological polar surface area (TPSA) is 74.3 Å². The fourth-order valence-corrected chi connectivity index (χ4v) is 4.03. The average Bonchev–Trinajstić information content (AvgIpc) is 3.26. The summed E-state index contributed by atoms with van der Waals surface area (Å²) in [6.45, 7) is 1.79. The summed E-state index contributed by atoms with van der Waals surface area (Å²) >= 11 is 0. The third-order valence-corrected chi connectivity index (χ3v) is 5.74. The number of aliphatic hydroxyl groups is 1. The minimum absolute atomic E-state index is 0.180. The number of halogens is 3. The summed E-state index contributed by atoms with van der Waals surface area (Å²) in [5, 5.41) is 13.8. The standard InChI is InChI=1S/C27H25F3N2O3/c1-2-35-25-11-10-18(17-6-5-7-20(12-17)27(28,29)30)14-23(25)26(34)32-21(16-33)13-19-15-31-24-9-4-3-8-22(19)24/h3-12,14-15,21,31,33H,2,13,16H2,1H3,(H,32,34). The maximum absolute atomic E-state index is 13.2. The van der Waals surface area contributed by atoms with Gasteiger partial charge in [-0.15, -0.1) is 0 Å². The summed E-state index contributed by atoms with van der Waals surface area (Å²) in [6, 6.07) is 16.8. The van der Waals surface area contributed by atoms with Crippen molar-refractivity contribution in [3.8, 4) is 16.9 Å². The minimum atomic E-state index is -4.47. The highest BCUT2D eigenvalue weighted by Gasteiger charge is 2.30. The van der Waals surface area contributed by atoms with Crippen LogP contribution in [0.3, 0.4) is 0 Å². The normalized spacial score (nSPS) is 12.5. The average molecular weight is 483 g/mol. The second-order valence-electron chi connectivity index (χ2n) is 8.14. The molecule has 0 spiro atoms. The molecule has 0 aliphatic rings. The van der Waals surface area contributed by atoms with Crippen molar-refractivity contribution in [2.75, 3.05) is 13.2 Å². The number of aromatic nitrogens is 1. The Labute approximate surface area is 200 Å². The van der Waals surface area contributed by atoms with E-state index in [4.69, 9.17) is 4.74 Å². The number of amides is 1. The van der Waals surface area contributed by atoms with Crippen molar-refractivity contribution < 1.29 is 27.8 Å². The molecule has 1 unspecified atom stereocenters. The first-order valence-electron chi connectivity index (χ1n) is 11.2. The lowest BCUT2D eigenvalue weighted by Crippen LogP contribution is -2.39. The molecule has 8 heteroatoms. The maximum Gasteiger partial charge on any atom is 0.416 e. The van der Waals surface area contributed by atoms with E-state index in [1.165, 1.54) is 12.1 Å². The van der Waals surface area contributed by atoms with Crippen molar-refractivity contribution in [2.24, 2.45) is 0 Å². The van der Waals surface area contributed by atoms with Gasteiger partial charge < -0.3 is 20.1 Å². The highest BCUT2D eigenvalue weighted by Crippen LogP contribution is 2.33. The van der Waals surface area contributed by atoms with Gasteiger partial charge in [0, 0.05) is 17.1 Å². The SMILES string of the molecule is CCOc1ccc(-c2cccc(C(F)(F)F)c2)cc1C(=O)NC(CO)Cc1c[nH]c2ccccc12. The van der Waals surface area contributed by atoms with Crippen LogP contribution in [0, 0.1) is 0 Å². The molecule has 5 nitrogen and oxygen atoms in total. The second kappa shape index (κ2) is 10.2. The predicted octanol–water partition coefficient (Wildman–Crippen LogP) is 5.59. The number of fused-ring (bicyclic) bond motifs is 1. The molecule has 1 aromatic heterocycles. The molecule has 4 aromatic rings. The molecule has 0 bridgehead atoms. The van der Waals surface area contributed by atoms with Gasteiger partial charge in [0.1, 0.15) is 5.75 Å². The van der Waals surface area contributed by atoms with Crippen LogP contribution in [-0.2, 0) is 12.6 Å². The lowest BCUT2D eigenvalue weighted by Gasteiger charge is -2.18. The van der Waals surface area contributed by atoms with Crippen molar-refractivity contribution in [2.45, 2.75) is 25.6 Å². The number of aromatic amines is 1. The first-order chi connectivity index (χ1) is 16.8. The Morgan fingerprint density at radius 3 is 2.57 bits per heavy atom. The number of alkyl halides is 3. The van der Waals surface area contributed by atoms with Gasteiger partial charge >= 0.3 is 6.18 Å². The molecule has 1 atom stereocenters. The van der Waals surface area contributed by atoms with Crippen LogP contribution < -0.4 is 10.1 Å². The highest BCUT2D eigenvalue weighted by molar-refractivity contribution is 5.98. The van der Waals surface area contributed by atoms with E-state index in [2.05, 4.69) is 10.3 Å². The third-order valence-electron chi connectivity index (χ3n) is 5.74. The Bertz CT molecular complexity index is 1330. The molecule has 0 saturated heterocycles. The van der Waals surface area contributed by atoms with Crippen LogP contribution in [0.5, 0.6) is 5.75 Å². The van der Waals surface area contributed by atoms with Gasteiger partial charge in [-0.2, -0.15) is 13.2 Å². The fraction of sp³-hybridized carbons (Fsp3) is 0.222. The van der Waals surface area contributed by atoms with Crippen LogP contribution in [-0.4, -0.2) is 35.3 Å². The van der Waals surface area contributed by atoms with Gasteiger partial charge in [0.2, 0.25) is 0 Å². The summed E-state index contributed by atoms with van der Waals surface area (Å²) in [6.07, 6.45) is -2.23. The minimum Gasteiger partial charge on any atom is -0.493 e. The van der Waals surface area contributed by atoms with Crippen LogP contribution >= 0.6 is 0 Å². The van der Waals surface area contributed by atoms with E-state index in [0.29, 0.717) is 29.9 Å². The van der Waals surface area contributed by atoms with Crippen LogP contribution in [0.1, 0.15) is 28.4 Å². The Kier molecular flexibility index (Phi) is 7.12. The maximum atomic E-state index is 13.2. The van der Waals surface area contributed by atoms with E-state index >= 15 is 0 Å². The zero-order chi connectivity index (χ0) is 25.0. The molecule has 3 N–H and O–H groups in total. The Morgan fingerprint density at radius 1 is 1.06 bits per heavy atom.